The Hall–Kier alpha value is -1.40. The average molecular weight is 251 g/mol. The molecule has 0 radical (unpaired) electrons. The number of fused-ring (bicyclic) bond motifs is 1. The van der Waals surface area contributed by atoms with Gasteiger partial charge in [-0.25, -0.2) is 4.98 Å². The average Bonchev–Trinajstić information content (AvgIpc) is 2.72. The molecule has 1 atom stereocenters. The van der Waals surface area contributed by atoms with Crippen LogP contribution in [0.4, 0.5) is 0 Å². The fraction of sp³-hybridized carbons (Fsp3) is 0.667. The predicted molar refractivity (Wildman–Crippen MR) is 62.9 cm³/mol. The Morgan fingerprint density at radius 3 is 3.06 bits per heavy atom. The Morgan fingerprint density at radius 2 is 2.39 bits per heavy atom. The van der Waals surface area contributed by atoms with E-state index in [0.717, 1.165) is 31.9 Å². The molecular weight excluding hydrogens is 234 g/mol. The van der Waals surface area contributed by atoms with Crippen LogP contribution in [-0.4, -0.2) is 49.1 Å². The van der Waals surface area contributed by atoms with Crippen LogP contribution in [-0.2, 0) is 16.0 Å². The number of rotatable bonds is 3. The van der Waals surface area contributed by atoms with E-state index < -0.39 is 6.04 Å². The van der Waals surface area contributed by atoms with Crippen molar-refractivity contribution in [1.82, 2.24) is 15.2 Å². The van der Waals surface area contributed by atoms with Crippen LogP contribution in [0.2, 0.25) is 0 Å². The summed E-state index contributed by atoms with van der Waals surface area (Å²) in [5, 5.41) is 3.02. The summed E-state index contributed by atoms with van der Waals surface area (Å²) in [6.07, 6.45) is 2.17. The molecule has 2 aliphatic rings. The van der Waals surface area contributed by atoms with Crippen molar-refractivity contribution in [2.45, 2.75) is 12.5 Å². The molecule has 1 aromatic rings. The molecule has 6 nitrogen and oxygen atoms in total. The molecule has 18 heavy (non-hydrogen) atoms. The number of hydrogen-bond donors (Lipinski definition) is 1. The van der Waals surface area contributed by atoms with Crippen LogP contribution in [0.15, 0.2) is 10.8 Å². The maximum absolute atomic E-state index is 12.4. The fourth-order valence-electron chi connectivity index (χ4n) is 2.48. The van der Waals surface area contributed by atoms with Crippen molar-refractivity contribution in [3.63, 3.8) is 0 Å². The molecule has 1 aromatic heterocycles. The lowest BCUT2D eigenvalue weighted by Crippen LogP contribution is -2.45. The Morgan fingerprint density at radius 1 is 1.56 bits per heavy atom. The molecule has 3 rings (SSSR count). The third-order valence-corrected chi connectivity index (χ3v) is 3.59. The lowest BCUT2D eigenvalue weighted by molar-refractivity contribution is -0.137. The van der Waals surface area contributed by atoms with Crippen molar-refractivity contribution in [1.29, 1.82) is 0 Å². The van der Waals surface area contributed by atoms with E-state index in [1.165, 1.54) is 6.39 Å². The summed E-state index contributed by atoms with van der Waals surface area (Å²) in [6.45, 7) is 2.99. The first-order chi connectivity index (χ1) is 8.79. The molecule has 1 unspecified atom stereocenters. The highest BCUT2D eigenvalue weighted by Crippen LogP contribution is 2.25. The maximum atomic E-state index is 12.4. The second-order valence-corrected chi connectivity index (χ2v) is 4.82. The van der Waals surface area contributed by atoms with Gasteiger partial charge in [-0.2, -0.15) is 0 Å². The highest BCUT2D eigenvalue weighted by molar-refractivity contribution is 5.83. The topological polar surface area (TPSA) is 67.6 Å². The third-order valence-electron chi connectivity index (χ3n) is 3.59. The lowest BCUT2D eigenvalue weighted by atomic mass is 10.1. The van der Waals surface area contributed by atoms with Crippen molar-refractivity contribution in [2.24, 2.45) is 5.92 Å². The van der Waals surface area contributed by atoms with E-state index >= 15 is 0 Å². The number of nitrogens with one attached hydrogen (secondary N) is 1. The van der Waals surface area contributed by atoms with Gasteiger partial charge in [0.15, 0.2) is 12.2 Å². The van der Waals surface area contributed by atoms with Crippen molar-refractivity contribution < 1.29 is 13.9 Å². The molecule has 6 heteroatoms. The minimum absolute atomic E-state index is 0.0694. The number of carbonyl (C=O) groups is 1. The van der Waals surface area contributed by atoms with Gasteiger partial charge in [0.25, 0.3) is 0 Å². The highest BCUT2D eigenvalue weighted by Gasteiger charge is 2.35. The molecular formula is C12H17N3O3. The summed E-state index contributed by atoms with van der Waals surface area (Å²) >= 11 is 0. The molecule has 3 heterocycles. The van der Waals surface area contributed by atoms with Gasteiger partial charge in [-0.15, -0.1) is 0 Å². The Balaban J connectivity index is 1.79. The van der Waals surface area contributed by atoms with Crippen LogP contribution in [0.25, 0.3) is 0 Å². The minimum Gasteiger partial charge on any atom is -0.446 e. The monoisotopic (exact) mass is 251 g/mol. The van der Waals surface area contributed by atoms with Crippen molar-refractivity contribution in [2.75, 3.05) is 33.4 Å². The molecule has 0 spiro atoms. The van der Waals surface area contributed by atoms with Gasteiger partial charge >= 0.3 is 0 Å². The second kappa shape index (κ2) is 4.70. The summed E-state index contributed by atoms with van der Waals surface area (Å²) in [7, 11) is 1.77. The number of aromatic nitrogens is 1. The zero-order chi connectivity index (χ0) is 12.5. The molecule has 1 saturated heterocycles. The number of ether oxygens (including phenoxy) is 1. The van der Waals surface area contributed by atoms with E-state index in [4.69, 9.17) is 9.15 Å². The van der Waals surface area contributed by atoms with E-state index in [9.17, 15) is 4.79 Å². The molecule has 98 valence electrons. The number of carbonyl (C=O) groups excluding carboxylic acids is 1. The zero-order valence-corrected chi connectivity index (χ0v) is 10.4. The SMILES string of the molecule is CNC1C(=O)N(CC2COC2)CCc2ncoc21. The highest BCUT2D eigenvalue weighted by atomic mass is 16.5. The van der Waals surface area contributed by atoms with E-state index in [1.807, 2.05) is 4.90 Å². The summed E-state index contributed by atoms with van der Waals surface area (Å²) in [5.74, 6) is 1.21. The summed E-state index contributed by atoms with van der Waals surface area (Å²) in [4.78, 5) is 18.5. The summed E-state index contributed by atoms with van der Waals surface area (Å²) < 4.78 is 10.5. The maximum Gasteiger partial charge on any atom is 0.247 e. The van der Waals surface area contributed by atoms with Gasteiger partial charge in [0.1, 0.15) is 6.04 Å². The molecule has 0 aliphatic carbocycles. The number of hydrogen-bond acceptors (Lipinski definition) is 5. The summed E-state index contributed by atoms with van der Waals surface area (Å²) in [5.41, 5.74) is 0.884. The quantitative estimate of drug-likeness (QED) is 0.817. The van der Waals surface area contributed by atoms with E-state index in [0.29, 0.717) is 18.2 Å². The first kappa shape index (κ1) is 11.7. The molecule has 0 saturated carbocycles. The first-order valence-electron chi connectivity index (χ1n) is 6.25. The molecule has 0 bridgehead atoms. The van der Waals surface area contributed by atoms with Crippen LogP contribution >= 0.6 is 0 Å². The lowest BCUT2D eigenvalue weighted by Gasteiger charge is -2.32. The van der Waals surface area contributed by atoms with Crippen molar-refractivity contribution in [3.05, 3.63) is 17.8 Å². The van der Waals surface area contributed by atoms with Crippen molar-refractivity contribution >= 4 is 5.91 Å². The Kier molecular flexibility index (Phi) is 3.05. The fourth-order valence-corrected chi connectivity index (χ4v) is 2.48. The van der Waals surface area contributed by atoms with E-state index in [2.05, 4.69) is 10.3 Å². The number of oxazole rings is 1. The van der Waals surface area contributed by atoms with Gasteiger partial charge in [0.05, 0.1) is 18.9 Å². The Labute approximate surface area is 105 Å². The third kappa shape index (κ3) is 1.91. The van der Waals surface area contributed by atoms with E-state index in [-0.39, 0.29) is 5.91 Å². The van der Waals surface area contributed by atoms with Crippen LogP contribution in [0.5, 0.6) is 0 Å². The number of amides is 1. The number of likely N-dealkylation sites (N-methyl/N-ethyl adjacent to an activating group) is 1. The van der Waals surface area contributed by atoms with Gasteiger partial charge < -0.3 is 19.4 Å². The first-order valence-corrected chi connectivity index (χ1v) is 6.25. The van der Waals surface area contributed by atoms with Crippen LogP contribution < -0.4 is 5.32 Å². The molecule has 1 fully saturated rings. The van der Waals surface area contributed by atoms with Crippen LogP contribution in [0.3, 0.4) is 0 Å². The number of nitrogens with zero attached hydrogens (tertiary/aromatic N) is 2. The van der Waals surface area contributed by atoms with Gasteiger partial charge in [-0.1, -0.05) is 0 Å². The van der Waals surface area contributed by atoms with Gasteiger partial charge in [0.2, 0.25) is 5.91 Å². The molecule has 1 amide bonds. The van der Waals surface area contributed by atoms with Crippen LogP contribution in [0, 0.1) is 5.92 Å². The largest absolute Gasteiger partial charge is 0.446 e. The van der Waals surface area contributed by atoms with E-state index in [1.54, 1.807) is 7.05 Å². The smallest absolute Gasteiger partial charge is 0.247 e. The van der Waals surface area contributed by atoms with Gasteiger partial charge in [0, 0.05) is 25.4 Å². The molecule has 0 aromatic carbocycles. The minimum atomic E-state index is -0.411. The standard InChI is InChI=1S/C12H17N3O3/c1-13-10-11-9(14-7-18-11)2-3-15(12(10)16)4-8-5-17-6-8/h7-8,10,13H,2-6H2,1H3. The van der Waals surface area contributed by atoms with Crippen molar-refractivity contribution in [3.8, 4) is 0 Å². The normalized spacial score (nSPS) is 24.6. The van der Waals surface area contributed by atoms with Crippen LogP contribution in [0.1, 0.15) is 17.5 Å². The zero-order valence-electron chi connectivity index (χ0n) is 10.4. The second-order valence-electron chi connectivity index (χ2n) is 4.82. The summed E-state index contributed by atoms with van der Waals surface area (Å²) in [6, 6.07) is -0.411. The Bertz CT molecular complexity index is 442. The molecule has 2 aliphatic heterocycles. The van der Waals surface area contributed by atoms with Gasteiger partial charge in [-0.05, 0) is 7.05 Å². The predicted octanol–water partition coefficient (Wildman–Crippen LogP) is -0.0338. The molecule has 1 N–H and O–H groups in total. The van der Waals surface area contributed by atoms with Gasteiger partial charge in [-0.3, -0.25) is 4.79 Å².